The average Bonchev–Trinajstić information content (AvgIpc) is 2.37. The molecule has 5 nitrogen and oxygen atoms in total. The number of esters is 1. The van der Waals surface area contributed by atoms with Crippen molar-refractivity contribution in [3.8, 4) is 0 Å². The van der Waals surface area contributed by atoms with Crippen molar-refractivity contribution in [3.05, 3.63) is 28.7 Å². The first kappa shape index (κ1) is 16.1. The number of hydrogen-bond donors (Lipinski definition) is 0. The topological polar surface area (TPSA) is 69.7 Å². The second-order valence-electron chi connectivity index (χ2n) is 3.85. The van der Waals surface area contributed by atoms with Crippen LogP contribution in [-0.4, -0.2) is 27.6 Å². The zero-order chi connectivity index (χ0) is 14.5. The molecule has 0 amide bonds. The molecule has 19 heavy (non-hydrogen) atoms. The lowest BCUT2D eigenvalue weighted by Gasteiger charge is -2.11. The van der Waals surface area contributed by atoms with Crippen molar-refractivity contribution in [1.82, 2.24) is 0 Å². The van der Waals surface area contributed by atoms with Crippen molar-refractivity contribution in [1.29, 1.82) is 0 Å². The Labute approximate surface area is 121 Å². The minimum absolute atomic E-state index is 0.0479. The van der Waals surface area contributed by atoms with Crippen LogP contribution >= 0.6 is 15.9 Å². The predicted octanol–water partition coefficient (Wildman–Crippen LogP) is 2.35. The van der Waals surface area contributed by atoms with Crippen LogP contribution in [0.25, 0.3) is 0 Å². The molecule has 0 N–H and O–H groups in total. The smallest absolute Gasteiger partial charge is 0.311 e. The average molecular weight is 351 g/mol. The highest BCUT2D eigenvalue weighted by atomic mass is 79.9. The molecular formula is C12H15BrO5S. The summed E-state index contributed by atoms with van der Waals surface area (Å²) in [6.45, 7) is 3.25. The molecule has 0 bridgehead atoms. The Morgan fingerprint density at radius 2 is 1.89 bits per heavy atom. The summed E-state index contributed by atoms with van der Waals surface area (Å²) in [4.78, 5) is 11.4. The molecule has 1 unspecified atom stereocenters. The minimum atomic E-state index is -3.85. The highest BCUT2D eigenvalue weighted by Gasteiger charge is 2.20. The van der Waals surface area contributed by atoms with Gasteiger partial charge in [-0.05, 0) is 38.1 Å². The van der Waals surface area contributed by atoms with Crippen molar-refractivity contribution in [2.75, 3.05) is 13.2 Å². The van der Waals surface area contributed by atoms with Gasteiger partial charge in [0.15, 0.2) is 0 Å². The number of ether oxygens (including phenoxy) is 1. The van der Waals surface area contributed by atoms with Gasteiger partial charge in [0.05, 0.1) is 24.0 Å². The van der Waals surface area contributed by atoms with Gasteiger partial charge in [0.1, 0.15) is 0 Å². The van der Waals surface area contributed by atoms with Gasteiger partial charge in [0.25, 0.3) is 10.1 Å². The summed E-state index contributed by atoms with van der Waals surface area (Å²) in [5.41, 5.74) is 0. The van der Waals surface area contributed by atoms with Crippen LogP contribution in [0.3, 0.4) is 0 Å². The molecule has 0 heterocycles. The van der Waals surface area contributed by atoms with E-state index in [1.165, 1.54) is 12.1 Å². The molecule has 0 aliphatic heterocycles. The number of benzene rings is 1. The van der Waals surface area contributed by atoms with E-state index >= 15 is 0 Å². The van der Waals surface area contributed by atoms with E-state index in [4.69, 9.17) is 8.92 Å². The second-order valence-corrected chi connectivity index (χ2v) is 6.38. The third-order valence-corrected chi connectivity index (χ3v) is 4.09. The molecule has 1 atom stereocenters. The fourth-order valence-electron chi connectivity index (χ4n) is 1.21. The Balaban J connectivity index is 2.66. The fraction of sp³-hybridized carbons (Fsp3) is 0.417. The van der Waals surface area contributed by atoms with E-state index in [-0.39, 0.29) is 18.1 Å². The minimum Gasteiger partial charge on any atom is -0.466 e. The summed E-state index contributed by atoms with van der Waals surface area (Å²) in [6.07, 6.45) is 0. The summed E-state index contributed by atoms with van der Waals surface area (Å²) in [5.74, 6) is -1.11. The van der Waals surface area contributed by atoms with Crippen LogP contribution in [0.2, 0.25) is 0 Å². The molecule has 0 fully saturated rings. The number of halogens is 1. The number of rotatable bonds is 6. The molecular weight excluding hydrogens is 336 g/mol. The maximum Gasteiger partial charge on any atom is 0.311 e. The zero-order valence-electron chi connectivity index (χ0n) is 10.6. The van der Waals surface area contributed by atoms with Gasteiger partial charge < -0.3 is 4.74 Å². The van der Waals surface area contributed by atoms with E-state index in [0.29, 0.717) is 0 Å². The van der Waals surface area contributed by atoms with Crippen molar-refractivity contribution in [2.24, 2.45) is 5.92 Å². The first-order valence-corrected chi connectivity index (χ1v) is 7.88. The number of hydrogen-bond acceptors (Lipinski definition) is 5. The van der Waals surface area contributed by atoms with Gasteiger partial charge in [-0.3, -0.25) is 8.98 Å². The van der Waals surface area contributed by atoms with Gasteiger partial charge in [-0.15, -0.1) is 0 Å². The summed E-state index contributed by atoms with van der Waals surface area (Å²) in [7, 11) is -3.85. The lowest BCUT2D eigenvalue weighted by Crippen LogP contribution is -2.21. The third kappa shape index (κ3) is 4.93. The summed E-state index contributed by atoms with van der Waals surface area (Å²) >= 11 is 3.21. The lowest BCUT2D eigenvalue weighted by molar-refractivity contribution is -0.148. The van der Waals surface area contributed by atoms with E-state index in [9.17, 15) is 13.2 Å². The van der Waals surface area contributed by atoms with Crippen molar-refractivity contribution in [2.45, 2.75) is 18.7 Å². The van der Waals surface area contributed by atoms with Crippen LogP contribution in [0.5, 0.6) is 0 Å². The van der Waals surface area contributed by atoms with E-state index in [1.54, 1.807) is 26.0 Å². The van der Waals surface area contributed by atoms with E-state index in [1.807, 2.05) is 0 Å². The second kappa shape index (κ2) is 7.02. The highest BCUT2D eigenvalue weighted by molar-refractivity contribution is 9.10. The molecule has 0 aliphatic rings. The zero-order valence-corrected chi connectivity index (χ0v) is 13.0. The molecule has 106 valence electrons. The Bertz CT molecular complexity index is 524. The van der Waals surface area contributed by atoms with Gasteiger partial charge in [0.2, 0.25) is 0 Å². The Morgan fingerprint density at radius 3 is 2.42 bits per heavy atom. The Hall–Kier alpha value is -0.920. The normalized spacial score (nSPS) is 13.0. The molecule has 1 aromatic rings. The van der Waals surface area contributed by atoms with Crippen LogP contribution in [0.1, 0.15) is 13.8 Å². The monoisotopic (exact) mass is 350 g/mol. The first-order valence-electron chi connectivity index (χ1n) is 5.68. The van der Waals surface area contributed by atoms with Crippen LogP contribution in [0.15, 0.2) is 33.6 Å². The maximum absolute atomic E-state index is 11.8. The van der Waals surface area contributed by atoms with Crippen molar-refractivity contribution in [3.63, 3.8) is 0 Å². The molecule has 0 saturated heterocycles. The largest absolute Gasteiger partial charge is 0.466 e. The van der Waals surface area contributed by atoms with Crippen LogP contribution in [-0.2, 0) is 23.8 Å². The maximum atomic E-state index is 11.8. The van der Waals surface area contributed by atoms with Crippen LogP contribution < -0.4 is 0 Å². The van der Waals surface area contributed by atoms with E-state index in [0.717, 1.165) is 4.47 Å². The third-order valence-electron chi connectivity index (χ3n) is 2.26. The molecule has 1 rings (SSSR count). The first-order chi connectivity index (χ1) is 8.86. The van der Waals surface area contributed by atoms with Gasteiger partial charge in [-0.25, -0.2) is 0 Å². The van der Waals surface area contributed by atoms with Gasteiger partial charge in [-0.2, -0.15) is 8.42 Å². The number of carbonyl (C=O) groups excluding carboxylic acids is 1. The van der Waals surface area contributed by atoms with Crippen molar-refractivity contribution < 1.29 is 22.1 Å². The Kier molecular flexibility index (Phi) is 5.96. The fourth-order valence-corrected chi connectivity index (χ4v) is 2.47. The lowest BCUT2D eigenvalue weighted by atomic mass is 10.2. The van der Waals surface area contributed by atoms with E-state index in [2.05, 4.69) is 15.9 Å². The standard InChI is InChI=1S/C12H15BrO5S/c1-3-17-12(14)9(2)8-18-19(15,16)11-6-4-10(13)5-7-11/h4-7,9H,3,8H2,1-2H3. The Morgan fingerprint density at radius 1 is 1.32 bits per heavy atom. The number of carbonyl (C=O) groups is 1. The predicted molar refractivity (Wildman–Crippen MR) is 73.1 cm³/mol. The summed E-state index contributed by atoms with van der Waals surface area (Å²) in [5, 5.41) is 0. The molecule has 0 aliphatic carbocycles. The van der Waals surface area contributed by atoms with Crippen molar-refractivity contribution >= 4 is 32.0 Å². The quantitative estimate of drug-likeness (QED) is 0.581. The van der Waals surface area contributed by atoms with Gasteiger partial charge in [0, 0.05) is 4.47 Å². The molecule has 0 radical (unpaired) electrons. The summed E-state index contributed by atoms with van der Waals surface area (Å²) in [6, 6.07) is 6.05. The van der Waals surface area contributed by atoms with Gasteiger partial charge >= 0.3 is 5.97 Å². The SMILES string of the molecule is CCOC(=O)C(C)COS(=O)(=O)c1ccc(Br)cc1. The molecule has 0 saturated carbocycles. The van der Waals surface area contributed by atoms with Crippen LogP contribution in [0, 0.1) is 5.92 Å². The molecule has 7 heteroatoms. The molecule has 0 spiro atoms. The van der Waals surface area contributed by atoms with E-state index < -0.39 is 22.0 Å². The van der Waals surface area contributed by atoms with Gasteiger partial charge in [-0.1, -0.05) is 15.9 Å². The molecule has 0 aromatic heterocycles. The molecule has 1 aromatic carbocycles. The highest BCUT2D eigenvalue weighted by Crippen LogP contribution is 2.17. The summed E-state index contributed by atoms with van der Waals surface area (Å²) < 4.78 is 34.1. The van der Waals surface area contributed by atoms with Crippen LogP contribution in [0.4, 0.5) is 0 Å².